The van der Waals surface area contributed by atoms with E-state index >= 15 is 0 Å². The number of fused-ring (bicyclic) bond motifs is 4. The Labute approximate surface area is 188 Å². The third-order valence-electron chi connectivity index (χ3n) is 8.15. The fourth-order valence-corrected chi connectivity index (χ4v) is 6.16. The van der Waals surface area contributed by atoms with Crippen molar-refractivity contribution in [3.63, 3.8) is 0 Å². The maximum absolute atomic E-state index is 13.0. The third-order valence-corrected chi connectivity index (χ3v) is 8.40. The highest BCUT2D eigenvalue weighted by atomic mass is 35.5. The predicted octanol–water partition coefficient (Wildman–Crippen LogP) is 5.59. The molecule has 4 fully saturated rings. The van der Waals surface area contributed by atoms with Gasteiger partial charge in [-0.05, 0) is 103 Å². The molecule has 7 rings (SSSR count). The first-order valence-corrected chi connectivity index (χ1v) is 12.1. The summed E-state index contributed by atoms with van der Waals surface area (Å²) in [7, 11) is 0. The molecule has 5 aliphatic rings. The number of carbonyl (C=O) groups excluding carboxylic acids is 1. The molecular weight excluding hydrogens is 408 g/mol. The van der Waals surface area contributed by atoms with Crippen LogP contribution in [-0.4, -0.2) is 36.7 Å². The molecule has 1 N–H and O–H groups in total. The zero-order chi connectivity index (χ0) is 21.0. The molecule has 4 nitrogen and oxygen atoms in total. The number of carbonyl (C=O) groups is 1. The molecule has 2 atom stereocenters. The lowest BCUT2D eigenvalue weighted by molar-refractivity contribution is -0.0347. The second kappa shape index (κ2) is 7.53. The van der Waals surface area contributed by atoms with Crippen LogP contribution in [0.25, 0.3) is 11.1 Å². The van der Waals surface area contributed by atoms with Gasteiger partial charge in [0.2, 0.25) is 0 Å². The summed E-state index contributed by atoms with van der Waals surface area (Å²) in [5.74, 6) is 0.529. The van der Waals surface area contributed by atoms with Gasteiger partial charge in [-0.25, -0.2) is 4.79 Å². The third kappa shape index (κ3) is 3.64. The smallest absolute Gasteiger partial charge is 0.407 e. The Kier molecular flexibility index (Phi) is 4.77. The molecule has 2 aromatic carbocycles. The number of hydrogen-bond donors (Lipinski definition) is 1. The summed E-state index contributed by atoms with van der Waals surface area (Å²) in [5.41, 5.74) is 5.15. The largest absolute Gasteiger partial charge is 0.445 e. The highest BCUT2D eigenvalue weighted by Gasteiger charge is 2.53. The van der Waals surface area contributed by atoms with E-state index in [2.05, 4.69) is 40.5 Å². The van der Waals surface area contributed by atoms with Crippen molar-refractivity contribution in [2.75, 3.05) is 19.6 Å². The normalized spacial score (nSPS) is 30.0. The molecule has 0 aromatic heterocycles. The molecule has 1 unspecified atom stereocenters. The van der Waals surface area contributed by atoms with Gasteiger partial charge in [0, 0.05) is 11.6 Å². The molecule has 162 valence electrons. The topological polar surface area (TPSA) is 41.6 Å². The van der Waals surface area contributed by atoms with Crippen molar-refractivity contribution in [1.82, 2.24) is 10.2 Å². The quantitative estimate of drug-likeness (QED) is 0.681. The maximum atomic E-state index is 13.0. The Bertz CT molecular complexity index is 993. The molecule has 5 heteroatoms. The van der Waals surface area contributed by atoms with Crippen molar-refractivity contribution in [2.24, 2.45) is 11.3 Å². The molecule has 0 radical (unpaired) electrons. The summed E-state index contributed by atoms with van der Waals surface area (Å²) in [4.78, 5) is 15.4. The number of hydrogen-bond acceptors (Lipinski definition) is 3. The van der Waals surface area contributed by atoms with Crippen molar-refractivity contribution in [3.05, 3.63) is 58.6 Å². The molecule has 31 heavy (non-hydrogen) atoms. The molecule has 3 heterocycles. The average Bonchev–Trinajstić information content (AvgIpc) is 3.57. The van der Waals surface area contributed by atoms with Gasteiger partial charge in [-0.15, -0.1) is 0 Å². The highest BCUT2D eigenvalue weighted by molar-refractivity contribution is 6.30. The zero-order valence-corrected chi connectivity index (χ0v) is 18.5. The number of halogens is 1. The number of nitrogens with zero attached hydrogens (tertiary/aromatic N) is 1. The van der Waals surface area contributed by atoms with Crippen molar-refractivity contribution in [1.29, 1.82) is 0 Å². The summed E-state index contributed by atoms with van der Waals surface area (Å²) in [5, 5.41) is 4.07. The van der Waals surface area contributed by atoms with Crippen LogP contribution < -0.4 is 5.32 Å². The van der Waals surface area contributed by atoms with Crippen LogP contribution >= 0.6 is 11.6 Å². The van der Waals surface area contributed by atoms with Crippen LogP contribution in [0.5, 0.6) is 0 Å². The van der Waals surface area contributed by atoms with Gasteiger partial charge in [-0.1, -0.05) is 35.9 Å². The van der Waals surface area contributed by atoms with Gasteiger partial charge >= 0.3 is 6.09 Å². The molecular formula is C26H29ClN2O2. The lowest BCUT2D eigenvalue weighted by Gasteiger charge is -2.44. The number of alkyl carbamates (subject to hydrolysis) is 1. The minimum absolute atomic E-state index is 0.0390. The van der Waals surface area contributed by atoms with E-state index in [0.29, 0.717) is 5.92 Å². The van der Waals surface area contributed by atoms with Crippen LogP contribution in [0.2, 0.25) is 5.02 Å². The number of benzene rings is 2. The highest BCUT2D eigenvalue weighted by Crippen LogP contribution is 2.61. The van der Waals surface area contributed by atoms with Crippen molar-refractivity contribution < 1.29 is 9.53 Å². The van der Waals surface area contributed by atoms with E-state index in [1.54, 1.807) is 0 Å². The second-order valence-electron chi connectivity index (χ2n) is 9.94. The first-order valence-electron chi connectivity index (χ1n) is 11.7. The SMILES string of the molecule is O=C(NC1c2cc(-c3ccc(Cl)cc3)ccc2CCC12CC2)O[C@H]1CN2CCC1CC2. The standard InChI is InChI=1S/C26H29ClN2O2/c27-21-5-3-17(4-6-21)20-2-1-18-7-10-26(11-12-26)24(22(18)15-20)28-25(30)31-23-16-29-13-8-19(23)9-14-29/h1-6,15,19,23-24H,7-14,16H2,(H,28,30)/t23-,24?/m0/s1. The number of nitrogens with one attached hydrogen (secondary N) is 1. The predicted molar refractivity (Wildman–Crippen MR) is 122 cm³/mol. The van der Waals surface area contributed by atoms with Crippen molar-refractivity contribution in [2.45, 2.75) is 50.7 Å². The first kappa shape index (κ1) is 19.6. The fourth-order valence-electron chi connectivity index (χ4n) is 6.03. The monoisotopic (exact) mass is 436 g/mol. The van der Waals surface area contributed by atoms with Gasteiger partial charge in [0.15, 0.2) is 0 Å². The summed E-state index contributed by atoms with van der Waals surface area (Å²) >= 11 is 6.08. The number of ether oxygens (including phenoxy) is 1. The molecule has 1 spiro atoms. The van der Waals surface area contributed by atoms with Gasteiger partial charge < -0.3 is 10.1 Å². The first-order chi connectivity index (χ1) is 15.1. The molecule has 3 saturated heterocycles. The van der Waals surface area contributed by atoms with Gasteiger partial charge in [0.05, 0.1) is 6.04 Å². The van der Waals surface area contributed by atoms with Crippen LogP contribution in [-0.2, 0) is 11.2 Å². The summed E-state index contributed by atoms with van der Waals surface area (Å²) in [6.45, 7) is 3.20. The van der Waals surface area contributed by atoms with E-state index < -0.39 is 0 Å². The van der Waals surface area contributed by atoms with E-state index in [4.69, 9.17) is 16.3 Å². The molecule has 1 saturated carbocycles. The fraction of sp³-hybridized carbons (Fsp3) is 0.500. The summed E-state index contributed by atoms with van der Waals surface area (Å²) in [6.07, 6.45) is 6.71. The van der Waals surface area contributed by atoms with Crippen LogP contribution in [0, 0.1) is 11.3 Å². The van der Waals surface area contributed by atoms with Gasteiger partial charge in [0.25, 0.3) is 0 Å². The van der Waals surface area contributed by atoms with Gasteiger partial charge in [0.1, 0.15) is 6.10 Å². The zero-order valence-electron chi connectivity index (χ0n) is 17.8. The number of amides is 1. The molecule has 2 bridgehead atoms. The summed E-state index contributed by atoms with van der Waals surface area (Å²) < 4.78 is 5.99. The Morgan fingerprint density at radius 1 is 1.03 bits per heavy atom. The van der Waals surface area contributed by atoms with E-state index in [9.17, 15) is 4.79 Å². The Morgan fingerprint density at radius 3 is 2.45 bits per heavy atom. The number of piperidine rings is 3. The van der Waals surface area contributed by atoms with Crippen LogP contribution in [0.4, 0.5) is 4.79 Å². The second-order valence-corrected chi connectivity index (χ2v) is 10.4. The Hall–Kier alpha value is -2.04. The Balaban J connectivity index is 1.25. The molecule has 3 aliphatic heterocycles. The van der Waals surface area contributed by atoms with E-state index in [1.807, 2.05) is 12.1 Å². The minimum atomic E-state index is -0.236. The van der Waals surface area contributed by atoms with Crippen LogP contribution in [0.15, 0.2) is 42.5 Å². The molecule has 2 aromatic rings. The Morgan fingerprint density at radius 2 is 1.77 bits per heavy atom. The average molecular weight is 437 g/mol. The number of rotatable bonds is 3. The van der Waals surface area contributed by atoms with Gasteiger partial charge in [-0.2, -0.15) is 0 Å². The van der Waals surface area contributed by atoms with Crippen LogP contribution in [0.1, 0.15) is 49.3 Å². The van der Waals surface area contributed by atoms with Crippen LogP contribution in [0.3, 0.4) is 0 Å². The summed E-state index contributed by atoms with van der Waals surface area (Å²) in [6, 6.07) is 14.7. The molecule has 2 aliphatic carbocycles. The number of aryl methyl sites for hydroxylation is 1. The van der Waals surface area contributed by atoms with Crippen molar-refractivity contribution in [3.8, 4) is 11.1 Å². The maximum Gasteiger partial charge on any atom is 0.407 e. The molecule has 1 amide bonds. The lowest BCUT2D eigenvalue weighted by atomic mass is 9.76. The van der Waals surface area contributed by atoms with E-state index in [0.717, 1.165) is 55.9 Å². The van der Waals surface area contributed by atoms with E-state index in [1.165, 1.54) is 29.5 Å². The van der Waals surface area contributed by atoms with E-state index in [-0.39, 0.29) is 23.7 Å². The van der Waals surface area contributed by atoms with Crippen molar-refractivity contribution >= 4 is 17.7 Å². The minimum Gasteiger partial charge on any atom is -0.445 e. The van der Waals surface area contributed by atoms with Gasteiger partial charge in [-0.3, -0.25) is 4.90 Å². The lowest BCUT2D eigenvalue weighted by Crippen LogP contribution is -2.53.